The Bertz CT molecular complexity index is 669. The Hall–Kier alpha value is -1.79. The van der Waals surface area contributed by atoms with Gasteiger partial charge < -0.3 is 16.0 Å². The van der Waals surface area contributed by atoms with E-state index in [-0.39, 0.29) is 11.4 Å². The zero-order chi connectivity index (χ0) is 15.2. The van der Waals surface area contributed by atoms with E-state index in [4.69, 9.17) is 5.73 Å². The molecule has 0 saturated heterocycles. The molecular weight excluding hydrogens is 284 g/mol. The molecule has 0 aliphatic carbocycles. The maximum absolute atomic E-state index is 11.4. The molecule has 0 amide bonds. The molecule has 1 heterocycles. The van der Waals surface area contributed by atoms with E-state index in [1.54, 1.807) is 0 Å². The Kier molecular flexibility index (Phi) is 5.41. The number of H-pyrrole nitrogens is 1. The normalized spacial score (nSPS) is 10.8. The smallest absolute Gasteiger partial charge is 0.253 e. The van der Waals surface area contributed by atoms with E-state index in [1.807, 2.05) is 6.07 Å². The molecule has 0 unspecified atom stereocenters. The van der Waals surface area contributed by atoms with Crippen molar-refractivity contribution in [3.8, 4) is 0 Å². The molecule has 0 radical (unpaired) electrons. The highest BCUT2D eigenvalue weighted by Crippen LogP contribution is 2.28. The van der Waals surface area contributed by atoms with Crippen molar-refractivity contribution in [2.45, 2.75) is 36.9 Å². The molecule has 0 bridgehead atoms. The van der Waals surface area contributed by atoms with Crippen LogP contribution in [0.15, 0.2) is 39.1 Å². The Labute approximate surface area is 128 Å². The van der Waals surface area contributed by atoms with E-state index in [2.05, 4.69) is 41.3 Å². The zero-order valence-electron chi connectivity index (χ0n) is 12.3. The van der Waals surface area contributed by atoms with E-state index in [0.29, 0.717) is 5.16 Å². The Morgan fingerprint density at radius 1 is 1.38 bits per heavy atom. The van der Waals surface area contributed by atoms with Crippen molar-refractivity contribution in [3.05, 3.63) is 45.7 Å². The zero-order valence-corrected chi connectivity index (χ0v) is 13.1. The number of benzene rings is 1. The first-order valence-electron chi connectivity index (χ1n) is 6.93. The number of aryl methyl sites for hydroxylation is 1. The van der Waals surface area contributed by atoms with Gasteiger partial charge >= 0.3 is 0 Å². The third-order valence-corrected chi connectivity index (χ3v) is 4.01. The van der Waals surface area contributed by atoms with Crippen LogP contribution in [-0.4, -0.2) is 16.5 Å². The molecule has 0 saturated carbocycles. The van der Waals surface area contributed by atoms with Gasteiger partial charge in [-0.05, 0) is 37.1 Å². The van der Waals surface area contributed by atoms with Crippen molar-refractivity contribution in [2.24, 2.45) is 0 Å². The fourth-order valence-electron chi connectivity index (χ4n) is 1.95. The number of nitrogens with two attached hydrogens (primary N) is 1. The average molecular weight is 304 g/mol. The minimum atomic E-state index is -0.233. The summed E-state index contributed by atoms with van der Waals surface area (Å²) in [4.78, 5) is 19.3. The third-order valence-electron chi connectivity index (χ3n) is 2.94. The lowest BCUT2D eigenvalue weighted by atomic mass is 10.1. The van der Waals surface area contributed by atoms with Crippen LogP contribution in [0.2, 0.25) is 0 Å². The van der Waals surface area contributed by atoms with Crippen LogP contribution in [0.25, 0.3) is 0 Å². The van der Waals surface area contributed by atoms with Crippen molar-refractivity contribution in [1.82, 2.24) is 15.3 Å². The van der Waals surface area contributed by atoms with Gasteiger partial charge in [0.1, 0.15) is 5.82 Å². The first-order valence-corrected chi connectivity index (χ1v) is 7.75. The Morgan fingerprint density at radius 3 is 2.86 bits per heavy atom. The highest BCUT2D eigenvalue weighted by Gasteiger charge is 2.05. The number of nitrogens with one attached hydrogen (secondary N) is 2. The van der Waals surface area contributed by atoms with Gasteiger partial charge in [0.15, 0.2) is 5.16 Å². The summed E-state index contributed by atoms with van der Waals surface area (Å²) in [6, 6.07) is 7.56. The predicted octanol–water partition coefficient (Wildman–Crippen LogP) is 2.31. The summed E-state index contributed by atoms with van der Waals surface area (Å²) in [6.07, 6.45) is 1.13. The lowest BCUT2D eigenvalue weighted by Gasteiger charge is -2.09. The lowest BCUT2D eigenvalue weighted by Crippen LogP contribution is -2.13. The SMILES string of the molecule is CCCNCc1ccc(Sc2nc(N)cc(=O)[nH]2)c(C)c1. The van der Waals surface area contributed by atoms with Crippen LogP contribution < -0.4 is 16.6 Å². The van der Waals surface area contributed by atoms with Crippen molar-refractivity contribution >= 4 is 17.6 Å². The molecular formula is C15H20N4OS. The number of rotatable bonds is 6. The van der Waals surface area contributed by atoms with Crippen LogP contribution in [0.4, 0.5) is 5.82 Å². The van der Waals surface area contributed by atoms with Crippen LogP contribution in [0.3, 0.4) is 0 Å². The second kappa shape index (κ2) is 7.28. The number of aromatic amines is 1. The molecule has 4 N–H and O–H groups in total. The molecule has 2 aromatic rings. The molecule has 0 spiro atoms. The number of hydrogen-bond acceptors (Lipinski definition) is 5. The van der Waals surface area contributed by atoms with Gasteiger partial charge in [0.2, 0.25) is 0 Å². The molecule has 0 atom stereocenters. The summed E-state index contributed by atoms with van der Waals surface area (Å²) in [5, 5.41) is 3.89. The van der Waals surface area contributed by atoms with Crippen LogP contribution in [0.1, 0.15) is 24.5 Å². The highest BCUT2D eigenvalue weighted by molar-refractivity contribution is 7.99. The summed E-state index contributed by atoms with van der Waals surface area (Å²) in [7, 11) is 0. The van der Waals surface area contributed by atoms with Crippen LogP contribution >= 0.6 is 11.8 Å². The fourth-order valence-corrected chi connectivity index (χ4v) is 2.82. The molecule has 5 nitrogen and oxygen atoms in total. The number of anilines is 1. The van der Waals surface area contributed by atoms with E-state index in [9.17, 15) is 4.79 Å². The van der Waals surface area contributed by atoms with Gasteiger partial charge in [0.05, 0.1) is 0 Å². The molecule has 1 aromatic carbocycles. The van der Waals surface area contributed by atoms with Crippen LogP contribution in [0.5, 0.6) is 0 Å². The standard InChI is InChI=1S/C15H20N4OS/c1-3-6-17-9-11-4-5-12(10(2)7-11)21-15-18-13(16)8-14(20)19-15/h4-5,7-8,17H,3,6,9H2,1-2H3,(H3,16,18,19,20). The summed E-state index contributed by atoms with van der Waals surface area (Å²) < 4.78 is 0. The maximum atomic E-state index is 11.4. The minimum Gasteiger partial charge on any atom is -0.383 e. The highest BCUT2D eigenvalue weighted by atomic mass is 32.2. The van der Waals surface area contributed by atoms with Gasteiger partial charge in [0, 0.05) is 17.5 Å². The van der Waals surface area contributed by atoms with Gasteiger partial charge in [-0.3, -0.25) is 4.79 Å². The first kappa shape index (κ1) is 15.6. The van der Waals surface area contributed by atoms with Crippen molar-refractivity contribution < 1.29 is 0 Å². The van der Waals surface area contributed by atoms with E-state index in [0.717, 1.165) is 30.0 Å². The number of nitrogens with zero attached hydrogens (tertiary/aromatic N) is 1. The summed E-state index contributed by atoms with van der Waals surface area (Å²) in [6.45, 7) is 6.09. The van der Waals surface area contributed by atoms with Crippen LogP contribution in [-0.2, 0) is 6.54 Å². The second-order valence-electron chi connectivity index (χ2n) is 4.85. The van der Waals surface area contributed by atoms with E-state index >= 15 is 0 Å². The van der Waals surface area contributed by atoms with Gasteiger partial charge in [-0.25, -0.2) is 4.98 Å². The van der Waals surface area contributed by atoms with E-state index < -0.39 is 0 Å². The molecule has 2 rings (SSSR count). The van der Waals surface area contributed by atoms with Crippen LogP contribution in [0, 0.1) is 6.92 Å². The number of nitrogen functional groups attached to an aromatic ring is 1. The van der Waals surface area contributed by atoms with Crippen molar-refractivity contribution in [2.75, 3.05) is 12.3 Å². The van der Waals surface area contributed by atoms with Gasteiger partial charge in [-0.2, -0.15) is 0 Å². The second-order valence-corrected chi connectivity index (χ2v) is 5.88. The Balaban J connectivity index is 2.11. The third kappa shape index (κ3) is 4.61. The van der Waals surface area contributed by atoms with E-state index in [1.165, 1.54) is 23.4 Å². The van der Waals surface area contributed by atoms with Crippen molar-refractivity contribution in [1.29, 1.82) is 0 Å². The van der Waals surface area contributed by atoms with Crippen molar-refractivity contribution in [3.63, 3.8) is 0 Å². The molecule has 1 aromatic heterocycles. The first-order chi connectivity index (χ1) is 10.1. The summed E-state index contributed by atoms with van der Waals surface area (Å²) in [5.41, 5.74) is 7.76. The number of hydrogen-bond donors (Lipinski definition) is 3. The monoisotopic (exact) mass is 304 g/mol. The summed E-state index contributed by atoms with van der Waals surface area (Å²) >= 11 is 1.41. The topological polar surface area (TPSA) is 83.8 Å². The molecule has 0 aliphatic heterocycles. The lowest BCUT2D eigenvalue weighted by molar-refractivity contribution is 0.675. The quantitative estimate of drug-likeness (QED) is 0.563. The van der Waals surface area contributed by atoms with Gasteiger partial charge in [-0.15, -0.1) is 0 Å². The van der Waals surface area contributed by atoms with Gasteiger partial charge in [-0.1, -0.05) is 30.8 Å². The van der Waals surface area contributed by atoms with Gasteiger partial charge in [0.25, 0.3) is 5.56 Å². The largest absolute Gasteiger partial charge is 0.383 e. The molecule has 0 aliphatic rings. The fraction of sp³-hybridized carbons (Fsp3) is 0.333. The predicted molar refractivity (Wildman–Crippen MR) is 86.6 cm³/mol. The maximum Gasteiger partial charge on any atom is 0.253 e. The minimum absolute atomic E-state index is 0.233. The number of aromatic nitrogens is 2. The molecule has 6 heteroatoms. The molecule has 0 fully saturated rings. The average Bonchev–Trinajstić information content (AvgIpc) is 2.41. The Morgan fingerprint density at radius 2 is 2.19 bits per heavy atom. The molecule has 112 valence electrons. The summed E-state index contributed by atoms with van der Waals surface area (Å²) in [5.74, 6) is 0.235. The molecule has 21 heavy (non-hydrogen) atoms.